The maximum atomic E-state index is 12.3. The Labute approximate surface area is 154 Å². The first-order valence-corrected chi connectivity index (χ1v) is 9.44. The van der Waals surface area contributed by atoms with E-state index in [-0.39, 0.29) is 18.2 Å². The average molecular weight is 371 g/mol. The number of rotatable bonds is 5. The van der Waals surface area contributed by atoms with Crippen LogP contribution >= 0.6 is 22.7 Å². The lowest BCUT2D eigenvalue weighted by Crippen LogP contribution is -2.22. The molecule has 0 saturated heterocycles. The molecule has 25 heavy (non-hydrogen) atoms. The maximum Gasteiger partial charge on any atom is 0.253 e. The number of aromatic nitrogens is 1. The van der Waals surface area contributed by atoms with E-state index in [0.29, 0.717) is 11.3 Å². The summed E-state index contributed by atoms with van der Waals surface area (Å²) in [6.07, 6.45) is 0.201. The molecule has 3 rings (SSSR count). The van der Waals surface area contributed by atoms with Gasteiger partial charge in [-0.2, -0.15) is 11.3 Å². The second-order valence-electron chi connectivity index (χ2n) is 5.66. The molecule has 128 valence electrons. The van der Waals surface area contributed by atoms with Crippen molar-refractivity contribution < 1.29 is 9.59 Å². The topological polar surface area (TPSA) is 62.3 Å². The minimum atomic E-state index is -0.156. The Morgan fingerprint density at radius 1 is 1.20 bits per heavy atom. The van der Waals surface area contributed by atoms with E-state index in [1.165, 1.54) is 16.2 Å². The van der Waals surface area contributed by atoms with Crippen molar-refractivity contribution in [2.75, 3.05) is 19.4 Å². The number of carbonyl (C=O) groups is 2. The second kappa shape index (κ2) is 7.58. The summed E-state index contributed by atoms with van der Waals surface area (Å²) in [7, 11) is 3.39. The molecule has 0 unspecified atom stereocenters. The van der Waals surface area contributed by atoms with Gasteiger partial charge in [0, 0.05) is 41.7 Å². The standard InChI is InChI=1S/C18H17N3O2S2/c1-21(2)18(23)12-4-3-5-14(8-12)19-16(22)9-15-11-25-17(20-15)13-6-7-24-10-13/h3-8,10-11H,9H2,1-2H3,(H,19,22). The summed E-state index contributed by atoms with van der Waals surface area (Å²) < 4.78 is 0. The molecule has 1 N–H and O–H groups in total. The molecular weight excluding hydrogens is 354 g/mol. The van der Waals surface area contributed by atoms with Crippen molar-refractivity contribution in [3.63, 3.8) is 0 Å². The molecule has 0 saturated carbocycles. The summed E-state index contributed by atoms with van der Waals surface area (Å²) in [5.41, 5.74) is 2.96. The number of anilines is 1. The molecule has 2 heterocycles. The number of thiophene rings is 1. The van der Waals surface area contributed by atoms with E-state index >= 15 is 0 Å². The Kier molecular flexibility index (Phi) is 5.25. The lowest BCUT2D eigenvalue weighted by molar-refractivity contribution is -0.115. The molecule has 5 nitrogen and oxygen atoms in total. The molecule has 0 aliphatic heterocycles. The van der Waals surface area contributed by atoms with Gasteiger partial charge in [0.15, 0.2) is 0 Å². The quantitative estimate of drug-likeness (QED) is 0.743. The number of nitrogens with zero attached hydrogens (tertiary/aromatic N) is 2. The summed E-state index contributed by atoms with van der Waals surface area (Å²) in [5.74, 6) is -0.257. The summed E-state index contributed by atoms with van der Waals surface area (Å²) in [6.45, 7) is 0. The molecular formula is C18H17N3O2S2. The van der Waals surface area contributed by atoms with Crippen LogP contribution in [0, 0.1) is 0 Å². The highest BCUT2D eigenvalue weighted by molar-refractivity contribution is 7.14. The Hall–Kier alpha value is -2.51. The number of benzene rings is 1. The zero-order valence-corrected chi connectivity index (χ0v) is 15.5. The van der Waals surface area contributed by atoms with Gasteiger partial charge in [-0.1, -0.05) is 6.07 Å². The Balaban J connectivity index is 1.65. The van der Waals surface area contributed by atoms with Crippen LogP contribution in [0.15, 0.2) is 46.5 Å². The monoisotopic (exact) mass is 371 g/mol. The van der Waals surface area contributed by atoms with Gasteiger partial charge in [-0.25, -0.2) is 4.98 Å². The molecule has 2 amide bonds. The smallest absolute Gasteiger partial charge is 0.253 e. The zero-order chi connectivity index (χ0) is 17.8. The lowest BCUT2D eigenvalue weighted by atomic mass is 10.1. The molecule has 1 aromatic carbocycles. The summed E-state index contributed by atoms with van der Waals surface area (Å²) in [4.78, 5) is 30.3. The molecule has 0 spiro atoms. The Morgan fingerprint density at radius 3 is 2.76 bits per heavy atom. The number of amides is 2. The van der Waals surface area contributed by atoms with Crippen molar-refractivity contribution in [3.05, 3.63) is 57.7 Å². The van der Waals surface area contributed by atoms with Gasteiger partial charge in [-0.15, -0.1) is 11.3 Å². The normalized spacial score (nSPS) is 10.5. The molecule has 0 fully saturated rings. The van der Waals surface area contributed by atoms with E-state index in [9.17, 15) is 9.59 Å². The van der Waals surface area contributed by atoms with Gasteiger partial charge in [-0.05, 0) is 29.6 Å². The van der Waals surface area contributed by atoms with E-state index in [1.807, 2.05) is 22.2 Å². The van der Waals surface area contributed by atoms with Crippen LogP contribution < -0.4 is 5.32 Å². The summed E-state index contributed by atoms with van der Waals surface area (Å²) >= 11 is 3.15. The van der Waals surface area contributed by atoms with Crippen LogP contribution in [-0.2, 0) is 11.2 Å². The first-order valence-electron chi connectivity index (χ1n) is 7.61. The number of carbonyl (C=O) groups excluding carboxylic acids is 2. The number of hydrogen-bond donors (Lipinski definition) is 1. The molecule has 0 aliphatic carbocycles. The van der Waals surface area contributed by atoms with Crippen molar-refractivity contribution in [1.29, 1.82) is 0 Å². The van der Waals surface area contributed by atoms with Gasteiger partial charge < -0.3 is 10.2 Å². The van der Waals surface area contributed by atoms with Gasteiger partial charge in [0.1, 0.15) is 5.01 Å². The van der Waals surface area contributed by atoms with Crippen LogP contribution in [-0.4, -0.2) is 35.8 Å². The van der Waals surface area contributed by atoms with E-state index in [0.717, 1.165) is 16.3 Å². The minimum absolute atomic E-state index is 0.101. The third-order valence-electron chi connectivity index (χ3n) is 3.46. The van der Waals surface area contributed by atoms with E-state index in [2.05, 4.69) is 10.3 Å². The fourth-order valence-electron chi connectivity index (χ4n) is 2.26. The van der Waals surface area contributed by atoms with Crippen LogP contribution in [0.1, 0.15) is 16.1 Å². The third kappa shape index (κ3) is 4.32. The number of nitrogens with one attached hydrogen (secondary N) is 1. The van der Waals surface area contributed by atoms with Crippen LogP contribution in [0.5, 0.6) is 0 Å². The number of hydrogen-bond acceptors (Lipinski definition) is 5. The fourth-order valence-corrected chi connectivity index (χ4v) is 3.80. The van der Waals surface area contributed by atoms with Gasteiger partial charge in [0.2, 0.25) is 5.91 Å². The van der Waals surface area contributed by atoms with Crippen molar-refractivity contribution in [1.82, 2.24) is 9.88 Å². The van der Waals surface area contributed by atoms with E-state index in [4.69, 9.17) is 0 Å². The van der Waals surface area contributed by atoms with Crippen molar-refractivity contribution in [2.24, 2.45) is 0 Å². The van der Waals surface area contributed by atoms with E-state index < -0.39 is 0 Å². The maximum absolute atomic E-state index is 12.3. The number of thiazole rings is 1. The summed E-state index contributed by atoms with van der Waals surface area (Å²) in [5, 5.41) is 9.69. The zero-order valence-electron chi connectivity index (χ0n) is 13.9. The largest absolute Gasteiger partial charge is 0.345 e. The molecule has 7 heteroatoms. The highest BCUT2D eigenvalue weighted by Gasteiger charge is 2.12. The molecule has 3 aromatic rings. The van der Waals surface area contributed by atoms with E-state index in [1.54, 1.807) is 49.7 Å². The minimum Gasteiger partial charge on any atom is -0.345 e. The molecule has 0 bridgehead atoms. The molecule has 2 aromatic heterocycles. The highest BCUT2D eigenvalue weighted by atomic mass is 32.1. The SMILES string of the molecule is CN(C)C(=O)c1cccc(NC(=O)Cc2csc(-c3ccsc3)n2)c1. The first kappa shape index (κ1) is 17.3. The third-order valence-corrected chi connectivity index (χ3v) is 5.08. The molecule has 0 radical (unpaired) electrons. The van der Waals surface area contributed by atoms with Crippen LogP contribution in [0.25, 0.3) is 10.6 Å². The predicted molar refractivity (Wildman–Crippen MR) is 102 cm³/mol. The van der Waals surface area contributed by atoms with Crippen LogP contribution in [0.2, 0.25) is 0 Å². The summed E-state index contributed by atoms with van der Waals surface area (Å²) in [6, 6.07) is 8.94. The van der Waals surface area contributed by atoms with Gasteiger partial charge in [0.25, 0.3) is 5.91 Å². The lowest BCUT2D eigenvalue weighted by Gasteiger charge is -2.11. The Morgan fingerprint density at radius 2 is 2.04 bits per heavy atom. The first-order chi connectivity index (χ1) is 12.0. The average Bonchev–Trinajstić information content (AvgIpc) is 3.25. The van der Waals surface area contributed by atoms with Crippen molar-refractivity contribution >= 4 is 40.2 Å². The van der Waals surface area contributed by atoms with Crippen molar-refractivity contribution in [2.45, 2.75) is 6.42 Å². The molecule has 0 atom stereocenters. The van der Waals surface area contributed by atoms with Crippen LogP contribution in [0.4, 0.5) is 5.69 Å². The fraction of sp³-hybridized carbons (Fsp3) is 0.167. The highest BCUT2D eigenvalue weighted by Crippen LogP contribution is 2.26. The van der Waals surface area contributed by atoms with Gasteiger partial charge >= 0.3 is 0 Å². The Bertz CT molecular complexity index is 885. The second-order valence-corrected chi connectivity index (χ2v) is 7.30. The van der Waals surface area contributed by atoms with Gasteiger partial charge in [-0.3, -0.25) is 9.59 Å². The molecule has 0 aliphatic rings. The van der Waals surface area contributed by atoms with Crippen molar-refractivity contribution in [3.8, 4) is 10.6 Å². The predicted octanol–water partition coefficient (Wildman–Crippen LogP) is 3.75. The van der Waals surface area contributed by atoms with Gasteiger partial charge in [0.05, 0.1) is 12.1 Å². The van der Waals surface area contributed by atoms with Crippen LogP contribution in [0.3, 0.4) is 0 Å².